The van der Waals surface area contributed by atoms with Crippen LogP contribution in [0.4, 0.5) is 0 Å². The Hall–Kier alpha value is -0.0400. The molecule has 0 aromatic heterocycles. The molecule has 0 unspecified atom stereocenters. The van der Waals surface area contributed by atoms with Crippen molar-refractivity contribution in [3.8, 4) is 0 Å². The van der Waals surface area contributed by atoms with Crippen LogP contribution in [0.5, 0.6) is 0 Å². The van der Waals surface area contributed by atoms with Gasteiger partial charge in [0.25, 0.3) is 0 Å². The van der Waals surface area contributed by atoms with Gasteiger partial charge in [0.15, 0.2) is 0 Å². The highest BCUT2D eigenvalue weighted by molar-refractivity contribution is 4.72. The lowest BCUT2D eigenvalue weighted by Gasteiger charge is -2.29. The maximum Gasteiger partial charge on any atom is 0.0581 e. The van der Waals surface area contributed by atoms with Crippen molar-refractivity contribution in [1.82, 2.24) is 0 Å². The Kier molecular flexibility index (Phi) is 8.26. The fraction of sp³-hybridized carbons (Fsp3) is 1.00. The van der Waals surface area contributed by atoms with E-state index in [1.54, 1.807) is 0 Å². The molecule has 0 heterocycles. The monoisotopic (exact) mass is 200 g/mol. The van der Waals surface area contributed by atoms with E-state index in [1.165, 1.54) is 32.1 Å². The smallest absolute Gasteiger partial charge is 0.0581 e. The van der Waals surface area contributed by atoms with Gasteiger partial charge in [-0.25, -0.2) is 0 Å². The van der Waals surface area contributed by atoms with Gasteiger partial charge in [-0.2, -0.15) is 0 Å². The third-order valence-corrected chi connectivity index (χ3v) is 2.78. The van der Waals surface area contributed by atoms with E-state index < -0.39 is 0 Å². The zero-order valence-corrected chi connectivity index (χ0v) is 10.7. The molecule has 0 spiro atoms. The minimum absolute atomic E-state index is 0.408. The third kappa shape index (κ3) is 5.64. The van der Waals surface area contributed by atoms with E-state index in [9.17, 15) is 0 Å². The summed E-state index contributed by atoms with van der Waals surface area (Å²) in [6, 6.07) is 0. The minimum Gasteiger partial charge on any atom is -0.376 e. The lowest BCUT2D eigenvalue weighted by Crippen LogP contribution is -2.25. The van der Waals surface area contributed by atoms with Crippen molar-refractivity contribution < 1.29 is 4.74 Å². The number of ether oxygens (including phenoxy) is 1. The van der Waals surface area contributed by atoms with Gasteiger partial charge in [-0.15, -0.1) is 0 Å². The third-order valence-electron chi connectivity index (χ3n) is 2.78. The Morgan fingerprint density at radius 2 is 1.86 bits per heavy atom. The van der Waals surface area contributed by atoms with E-state index in [0.29, 0.717) is 12.2 Å². The molecule has 2 atom stereocenters. The lowest BCUT2D eigenvalue weighted by molar-refractivity contribution is -0.0241. The molecule has 0 bridgehead atoms. The van der Waals surface area contributed by atoms with Crippen molar-refractivity contribution in [3.63, 3.8) is 0 Å². The summed E-state index contributed by atoms with van der Waals surface area (Å²) < 4.78 is 5.82. The summed E-state index contributed by atoms with van der Waals surface area (Å²) in [5.41, 5.74) is 0. The molecular formula is C13H28O. The molecule has 1 aliphatic rings. The van der Waals surface area contributed by atoms with E-state index >= 15 is 0 Å². The van der Waals surface area contributed by atoms with Gasteiger partial charge in [0.1, 0.15) is 0 Å². The van der Waals surface area contributed by atoms with Crippen LogP contribution in [-0.2, 0) is 4.74 Å². The molecule has 86 valence electrons. The molecule has 14 heavy (non-hydrogen) atoms. The van der Waals surface area contributed by atoms with Crippen LogP contribution in [0.3, 0.4) is 0 Å². The molecule has 0 aliphatic heterocycles. The molecule has 1 rings (SSSR count). The first-order valence-electron chi connectivity index (χ1n) is 6.37. The summed E-state index contributed by atoms with van der Waals surface area (Å²) in [7, 11) is 0. The van der Waals surface area contributed by atoms with Gasteiger partial charge in [-0.3, -0.25) is 0 Å². The maximum atomic E-state index is 5.82. The molecule has 1 nitrogen and oxygen atoms in total. The maximum absolute atomic E-state index is 5.82. The van der Waals surface area contributed by atoms with Crippen LogP contribution in [-0.4, -0.2) is 12.2 Å². The van der Waals surface area contributed by atoms with E-state index in [-0.39, 0.29) is 0 Å². The summed E-state index contributed by atoms with van der Waals surface area (Å²) in [6.45, 7) is 10.6. The Morgan fingerprint density at radius 1 is 1.21 bits per heavy atom. The second kappa shape index (κ2) is 8.28. The molecule has 1 aliphatic carbocycles. The molecular weight excluding hydrogens is 172 g/mol. The Bertz CT molecular complexity index is 120. The van der Waals surface area contributed by atoms with Crippen LogP contribution in [0.1, 0.15) is 66.7 Å². The first kappa shape index (κ1) is 14.0. The topological polar surface area (TPSA) is 9.23 Å². The van der Waals surface area contributed by atoms with E-state index in [2.05, 4.69) is 20.8 Å². The van der Waals surface area contributed by atoms with E-state index in [1.807, 2.05) is 13.8 Å². The minimum atomic E-state index is 0.408. The van der Waals surface area contributed by atoms with E-state index in [0.717, 1.165) is 5.92 Å². The molecule has 0 N–H and O–H groups in total. The van der Waals surface area contributed by atoms with Gasteiger partial charge in [0.05, 0.1) is 12.2 Å². The van der Waals surface area contributed by atoms with Gasteiger partial charge in [-0.1, -0.05) is 40.0 Å². The van der Waals surface area contributed by atoms with Gasteiger partial charge in [0.2, 0.25) is 0 Å². The fourth-order valence-electron chi connectivity index (χ4n) is 2.12. The van der Waals surface area contributed by atoms with Crippen molar-refractivity contribution in [1.29, 1.82) is 0 Å². The second-order valence-corrected chi connectivity index (χ2v) is 4.25. The molecule has 0 aromatic rings. The number of hydrogen-bond acceptors (Lipinski definition) is 1. The quantitative estimate of drug-likeness (QED) is 0.656. The highest BCUT2D eigenvalue weighted by atomic mass is 16.5. The highest BCUT2D eigenvalue weighted by Crippen LogP contribution is 2.28. The van der Waals surface area contributed by atoms with Crippen LogP contribution < -0.4 is 0 Å². The Labute approximate surface area is 90.2 Å². The standard InChI is InChI=1S/C11H22O.C2H6/c1-4-10-6-5-7-11(8-10)12-9(2)3;1-2/h9-11H,4-8H2,1-3H3;1-2H3/t10-,11-;/m0./s1. The Morgan fingerprint density at radius 3 is 2.36 bits per heavy atom. The normalized spacial score (nSPS) is 27.0. The van der Waals surface area contributed by atoms with Gasteiger partial charge < -0.3 is 4.74 Å². The van der Waals surface area contributed by atoms with Crippen molar-refractivity contribution in [3.05, 3.63) is 0 Å². The average molecular weight is 200 g/mol. The largest absolute Gasteiger partial charge is 0.376 e. The van der Waals surface area contributed by atoms with Crippen LogP contribution in [0.15, 0.2) is 0 Å². The van der Waals surface area contributed by atoms with Crippen LogP contribution in [0, 0.1) is 5.92 Å². The van der Waals surface area contributed by atoms with Crippen molar-refractivity contribution in [2.45, 2.75) is 78.9 Å². The summed E-state index contributed by atoms with van der Waals surface area (Å²) in [4.78, 5) is 0. The lowest BCUT2D eigenvalue weighted by atomic mass is 9.85. The summed E-state index contributed by atoms with van der Waals surface area (Å²) in [5.74, 6) is 0.933. The van der Waals surface area contributed by atoms with E-state index in [4.69, 9.17) is 4.74 Å². The van der Waals surface area contributed by atoms with Crippen LogP contribution in [0.2, 0.25) is 0 Å². The van der Waals surface area contributed by atoms with Crippen LogP contribution in [0.25, 0.3) is 0 Å². The average Bonchev–Trinajstić information content (AvgIpc) is 2.20. The first-order valence-corrected chi connectivity index (χ1v) is 6.37. The molecule has 1 fully saturated rings. The Balaban J connectivity index is 0.000000791. The predicted molar refractivity (Wildman–Crippen MR) is 63.6 cm³/mol. The van der Waals surface area contributed by atoms with Gasteiger partial charge in [0, 0.05) is 0 Å². The SMILES string of the molecule is CC.CC[C@H]1CCC[C@H](OC(C)C)C1. The number of hydrogen-bond donors (Lipinski definition) is 0. The predicted octanol–water partition coefficient (Wildman–Crippen LogP) is 4.41. The second-order valence-electron chi connectivity index (χ2n) is 4.25. The zero-order valence-electron chi connectivity index (χ0n) is 10.7. The van der Waals surface area contributed by atoms with Gasteiger partial charge in [-0.05, 0) is 32.6 Å². The van der Waals surface area contributed by atoms with Crippen molar-refractivity contribution in [2.75, 3.05) is 0 Å². The van der Waals surface area contributed by atoms with Gasteiger partial charge >= 0.3 is 0 Å². The molecule has 1 heteroatoms. The van der Waals surface area contributed by atoms with Crippen molar-refractivity contribution in [2.24, 2.45) is 5.92 Å². The summed E-state index contributed by atoms with van der Waals surface area (Å²) in [5, 5.41) is 0. The molecule has 1 saturated carbocycles. The summed E-state index contributed by atoms with van der Waals surface area (Å²) >= 11 is 0. The van der Waals surface area contributed by atoms with Crippen LogP contribution >= 0.6 is 0 Å². The zero-order chi connectivity index (χ0) is 11.0. The molecule has 0 saturated heterocycles. The first-order chi connectivity index (χ1) is 6.72. The highest BCUT2D eigenvalue weighted by Gasteiger charge is 2.21. The summed E-state index contributed by atoms with van der Waals surface area (Å²) in [6.07, 6.45) is 7.68. The molecule has 0 aromatic carbocycles. The molecule has 0 amide bonds. The molecule has 0 radical (unpaired) electrons. The number of rotatable bonds is 3. The van der Waals surface area contributed by atoms with Crippen molar-refractivity contribution >= 4 is 0 Å². The fourth-order valence-corrected chi connectivity index (χ4v) is 2.12.